The summed E-state index contributed by atoms with van der Waals surface area (Å²) >= 11 is 3.36. The molecule has 1 amide bonds. The SMILES string of the molecule is CC1(C)CC(=O)NN1[C@@H](c1cc(Br)c2ccccc2c1)C(F)(F)F. The van der Waals surface area contributed by atoms with Gasteiger partial charge in [-0.25, -0.2) is 0 Å². The van der Waals surface area contributed by atoms with Crippen LogP contribution in [0.3, 0.4) is 0 Å². The summed E-state index contributed by atoms with van der Waals surface area (Å²) in [5.74, 6) is -0.408. The van der Waals surface area contributed by atoms with E-state index < -0.39 is 23.7 Å². The second-order valence-corrected chi connectivity index (χ2v) is 7.42. The Kier molecular flexibility index (Phi) is 4.12. The van der Waals surface area contributed by atoms with E-state index in [0.29, 0.717) is 9.86 Å². The van der Waals surface area contributed by atoms with E-state index in [4.69, 9.17) is 0 Å². The third-order valence-electron chi connectivity index (χ3n) is 4.21. The topological polar surface area (TPSA) is 32.3 Å². The second kappa shape index (κ2) is 5.74. The monoisotopic (exact) mass is 400 g/mol. The summed E-state index contributed by atoms with van der Waals surface area (Å²) in [5, 5.41) is 2.57. The molecule has 1 heterocycles. The maximum Gasteiger partial charge on any atom is 0.409 e. The van der Waals surface area contributed by atoms with Crippen molar-refractivity contribution in [3.8, 4) is 0 Å². The molecule has 0 spiro atoms. The van der Waals surface area contributed by atoms with Gasteiger partial charge in [0.15, 0.2) is 6.04 Å². The molecule has 128 valence electrons. The van der Waals surface area contributed by atoms with Crippen molar-refractivity contribution in [2.75, 3.05) is 0 Å². The lowest BCUT2D eigenvalue weighted by molar-refractivity contribution is -0.203. The summed E-state index contributed by atoms with van der Waals surface area (Å²) in [5.41, 5.74) is 1.53. The maximum atomic E-state index is 13.9. The average Bonchev–Trinajstić information content (AvgIpc) is 2.70. The smallest absolute Gasteiger partial charge is 0.287 e. The fourth-order valence-corrected chi connectivity index (χ4v) is 3.77. The van der Waals surface area contributed by atoms with Crippen LogP contribution >= 0.6 is 15.9 Å². The Balaban J connectivity index is 2.16. The number of carbonyl (C=O) groups is 1. The molecule has 1 saturated heterocycles. The summed E-state index contributed by atoms with van der Waals surface area (Å²) in [6.45, 7) is 3.25. The maximum absolute atomic E-state index is 13.9. The number of hydrogen-bond acceptors (Lipinski definition) is 2. The molecule has 2 aromatic rings. The molecule has 1 atom stereocenters. The van der Waals surface area contributed by atoms with E-state index in [9.17, 15) is 18.0 Å². The first-order valence-corrected chi connectivity index (χ1v) is 8.22. The first-order valence-electron chi connectivity index (χ1n) is 7.43. The molecule has 1 N–H and O–H groups in total. The molecular weight excluding hydrogens is 385 g/mol. The predicted molar refractivity (Wildman–Crippen MR) is 89.1 cm³/mol. The molecule has 7 heteroatoms. The zero-order valence-corrected chi connectivity index (χ0v) is 14.7. The number of hydrazine groups is 1. The van der Waals surface area contributed by atoms with Crippen LogP contribution < -0.4 is 5.43 Å². The minimum Gasteiger partial charge on any atom is -0.287 e. The van der Waals surface area contributed by atoms with Gasteiger partial charge in [-0.05, 0) is 42.3 Å². The van der Waals surface area contributed by atoms with Crippen LogP contribution in [0.2, 0.25) is 0 Å². The van der Waals surface area contributed by atoms with E-state index in [0.717, 1.165) is 10.4 Å². The Bertz CT molecular complexity index is 804. The van der Waals surface area contributed by atoms with Crippen LogP contribution in [-0.4, -0.2) is 22.6 Å². The quantitative estimate of drug-likeness (QED) is 0.790. The Hall–Kier alpha value is -1.60. The molecule has 0 saturated carbocycles. The van der Waals surface area contributed by atoms with E-state index in [-0.39, 0.29) is 12.0 Å². The van der Waals surface area contributed by atoms with Gasteiger partial charge in [0.1, 0.15) is 0 Å². The largest absolute Gasteiger partial charge is 0.409 e. The normalized spacial score (nSPS) is 19.5. The van der Waals surface area contributed by atoms with Crippen LogP contribution in [0.4, 0.5) is 13.2 Å². The van der Waals surface area contributed by atoms with Crippen molar-refractivity contribution in [1.29, 1.82) is 0 Å². The van der Waals surface area contributed by atoms with E-state index in [1.165, 1.54) is 12.1 Å². The van der Waals surface area contributed by atoms with Gasteiger partial charge in [0, 0.05) is 16.4 Å². The van der Waals surface area contributed by atoms with Gasteiger partial charge >= 0.3 is 6.18 Å². The Labute approximate surface area is 145 Å². The van der Waals surface area contributed by atoms with Crippen molar-refractivity contribution < 1.29 is 18.0 Å². The number of hydrogen-bond donors (Lipinski definition) is 1. The molecule has 0 aliphatic carbocycles. The molecule has 0 aromatic heterocycles. The van der Waals surface area contributed by atoms with Gasteiger partial charge in [-0.2, -0.15) is 18.2 Å². The van der Waals surface area contributed by atoms with E-state index >= 15 is 0 Å². The molecule has 0 bridgehead atoms. The van der Waals surface area contributed by atoms with Gasteiger partial charge in [0.25, 0.3) is 0 Å². The highest BCUT2D eigenvalue weighted by Crippen LogP contribution is 2.44. The molecular formula is C17H16BrF3N2O. The lowest BCUT2D eigenvalue weighted by Gasteiger charge is -2.38. The third-order valence-corrected chi connectivity index (χ3v) is 4.86. The Morgan fingerprint density at radius 3 is 2.50 bits per heavy atom. The molecule has 3 rings (SSSR count). The van der Waals surface area contributed by atoms with Gasteiger partial charge in [0.2, 0.25) is 5.91 Å². The number of benzene rings is 2. The second-order valence-electron chi connectivity index (χ2n) is 6.56. The average molecular weight is 401 g/mol. The minimum atomic E-state index is -4.53. The van der Waals surface area contributed by atoms with Crippen LogP contribution in [0, 0.1) is 0 Å². The van der Waals surface area contributed by atoms with E-state index in [1.807, 2.05) is 12.1 Å². The van der Waals surface area contributed by atoms with Gasteiger partial charge < -0.3 is 0 Å². The lowest BCUT2D eigenvalue weighted by atomic mass is 9.95. The van der Waals surface area contributed by atoms with Gasteiger partial charge in [0.05, 0.1) is 0 Å². The first kappa shape index (κ1) is 17.2. The molecule has 0 radical (unpaired) electrons. The van der Waals surface area contributed by atoms with Crippen molar-refractivity contribution in [2.45, 2.75) is 38.0 Å². The van der Waals surface area contributed by atoms with E-state index in [2.05, 4.69) is 21.4 Å². The number of halogens is 4. The Morgan fingerprint density at radius 1 is 1.25 bits per heavy atom. The van der Waals surface area contributed by atoms with Crippen molar-refractivity contribution in [3.05, 3.63) is 46.4 Å². The summed E-state index contributed by atoms with van der Waals surface area (Å²) < 4.78 is 42.1. The highest BCUT2D eigenvalue weighted by atomic mass is 79.9. The van der Waals surface area contributed by atoms with E-state index in [1.54, 1.807) is 26.0 Å². The Morgan fingerprint density at radius 2 is 1.92 bits per heavy atom. The van der Waals surface area contributed by atoms with Crippen molar-refractivity contribution in [2.24, 2.45) is 0 Å². The number of fused-ring (bicyclic) bond motifs is 1. The van der Waals surface area contributed by atoms with Crippen molar-refractivity contribution >= 4 is 32.6 Å². The van der Waals surface area contributed by atoms with Crippen LogP contribution in [-0.2, 0) is 4.79 Å². The summed E-state index contributed by atoms with van der Waals surface area (Å²) in [7, 11) is 0. The molecule has 0 unspecified atom stereocenters. The van der Waals surface area contributed by atoms with Crippen molar-refractivity contribution in [1.82, 2.24) is 10.4 Å². The zero-order chi connectivity index (χ0) is 17.7. The summed E-state index contributed by atoms with van der Waals surface area (Å²) in [6.07, 6.45) is -4.51. The fraction of sp³-hybridized carbons (Fsp3) is 0.353. The van der Waals surface area contributed by atoms with Crippen LogP contribution in [0.15, 0.2) is 40.9 Å². The standard InChI is InChI=1S/C17H16BrF3N2O/c1-16(2)9-14(24)22-23(16)15(17(19,20)21)11-7-10-5-3-4-6-12(10)13(18)8-11/h3-8,15H,9H2,1-2H3,(H,22,24)/t15-/m0/s1. The molecule has 1 aliphatic heterocycles. The third kappa shape index (κ3) is 3.02. The number of amides is 1. The molecule has 24 heavy (non-hydrogen) atoms. The zero-order valence-electron chi connectivity index (χ0n) is 13.1. The van der Waals surface area contributed by atoms with Crippen molar-refractivity contribution in [3.63, 3.8) is 0 Å². The first-order chi connectivity index (χ1) is 11.1. The number of alkyl halides is 3. The van der Waals surface area contributed by atoms with Crippen LogP contribution in [0.25, 0.3) is 10.8 Å². The fourth-order valence-electron chi connectivity index (χ4n) is 3.15. The molecule has 2 aromatic carbocycles. The molecule has 1 fully saturated rings. The van der Waals surface area contributed by atoms with Crippen LogP contribution in [0.5, 0.6) is 0 Å². The minimum absolute atomic E-state index is 0.0222. The summed E-state index contributed by atoms with van der Waals surface area (Å²) in [6, 6.07) is 8.30. The predicted octanol–water partition coefficient (Wildman–Crippen LogP) is 4.72. The lowest BCUT2D eigenvalue weighted by Crippen LogP contribution is -2.51. The molecule has 3 nitrogen and oxygen atoms in total. The highest BCUT2D eigenvalue weighted by Gasteiger charge is 2.53. The highest BCUT2D eigenvalue weighted by molar-refractivity contribution is 9.10. The van der Waals surface area contributed by atoms with Gasteiger partial charge in [-0.3, -0.25) is 10.2 Å². The number of nitrogens with zero attached hydrogens (tertiary/aromatic N) is 1. The van der Waals surface area contributed by atoms with Gasteiger partial charge in [-0.1, -0.05) is 40.2 Å². The number of rotatable bonds is 2. The van der Waals surface area contributed by atoms with Crippen LogP contribution in [0.1, 0.15) is 31.9 Å². The van der Waals surface area contributed by atoms with Gasteiger partial charge in [-0.15, -0.1) is 0 Å². The number of nitrogens with one attached hydrogen (secondary N) is 1. The number of carbonyl (C=O) groups excluding carboxylic acids is 1. The molecule has 1 aliphatic rings. The summed E-state index contributed by atoms with van der Waals surface area (Å²) in [4.78, 5) is 11.7.